The Hall–Kier alpha value is -3.94. The van der Waals surface area contributed by atoms with Crippen molar-refractivity contribution in [1.29, 1.82) is 0 Å². The Morgan fingerprint density at radius 1 is 1.29 bits per heavy atom. The molecule has 1 saturated heterocycles. The molecule has 4 rings (SSSR count). The quantitative estimate of drug-likeness (QED) is 0.409. The number of halogens is 2. The fraction of sp³-hybridized carbons (Fsp3) is 0.500. The number of aliphatic carboxylic acids is 1. The van der Waals surface area contributed by atoms with Crippen LogP contribution in [0, 0.1) is 5.92 Å². The predicted molar refractivity (Wildman–Crippen MR) is 126 cm³/mol. The summed E-state index contributed by atoms with van der Waals surface area (Å²) in [5.74, 6) is -1.81. The van der Waals surface area contributed by atoms with E-state index in [9.17, 15) is 28.3 Å². The molecule has 14 heteroatoms. The Labute approximate surface area is 216 Å². The number of nitrogens with one attached hydrogen (secondary N) is 1. The Balaban J connectivity index is 1.64. The first-order chi connectivity index (χ1) is 18.1. The number of likely N-dealkylation sites (tertiary alicyclic amines) is 1. The Morgan fingerprint density at radius 2 is 2.03 bits per heavy atom. The summed E-state index contributed by atoms with van der Waals surface area (Å²) >= 11 is 0. The molecule has 0 bridgehead atoms. The van der Waals surface area contributed by atoms with E-state index in [-0.39, 0.29) is 41.8 Å². The van der Waals surface area contributed by atoms with Gasteiger partial charge in [-0.1, -0.05) is 0 Å². The molecule has 0 radical (unpaired) electrons. The second-order valence-electron chi connectivity index (χ2n) is 9.20. The second-order valence-corrected chi connectivity index (χ2v) is 9.20. The maximum atomic E-state index is 13.5. The van der Waals surface area contributed by atoms with E-state index >= 15 is 0 Å². The molecule has 1 aromatic carbocycles. The first-order valence-electron chi connectivity index (χ1n) is 11.9. The summed E-state index contributed by atoms with van der Waals surface area (Å²) in [5, 5.41) is 12.2. The van der Waals surface area contributed by atoms with Crippen LogP contribution in [0.5, 0.6) is 11.5 Å². The number of nitrogens with two attached hydrogens (primary N) is 1. The topological polar surface area (TPSA) is 166 Å². The summed E-state index contributed by atoms with van der Waals surface area (Å²) in [5.41, 5.74) is 6.13. The zero-order valence-corrected chi connectivity index (χ0v) is 20.7. The number of methoxy groups -OCH3 is 1. The van der Waals surface area contributed by atoms with E-state index in [1.165, 1.54) is 25.3 Å². The van der Waals surface area contributed by atoms with Gasteiger partial charge in [-0.2, -0.15) is 8.78 Å². The number of alkyl carbamates (subject to hydrolysis) is 1. The van der Waals surface area contributed by atoms with Gasteiger partial charge in [0, 0.05) is 18.5 Å². The first kappa shape index (κ1) is 27.1. The van der Waals surface area contributed by atoms with Gasteiger partial charge in [-0.3, -0.25) is 4.79 Å². The van der Waals surface area contributed by atoms with Crippen molar-refractivity contribution in [3.8, 4) is 23.0 Å². The lowest BCUT2D eigenvalue weighted by Gasteiger charge is -2.20. The van der Waals surface area contributed by atoms with Crippen LogP contribution in [0.4, 0.5) is 13.6 Å². The van der Waals surface area contributed by atoms with Gasteiger partial charge >= 0.3 is 18.7 Å². The number of rotatable bonds is 10. The van der Waals surface area contributed by atoms with E-state index < -0.39 is 42.7 Å². The minimum absolute atomic E-state index is 0.00636. The number of hydrogen-bond donors (Lipinski definition) is 3. The van der Waals surface area contributed by atoms with E-state index in [2.05, 4.69) is 19.8 Å². The maximum absolute atomic E-state index is 13.5. The number of carbonyl (C=O) groups excluding carboxylic acids is 2. The van der Waals surface area contributed by atoms with Gasteiger partial charge in [0.25, 0.3) is 5.91 Å². The maximum Gasteiger partial charge on any atom is 0.407 e. The number of hydrogen-bond acceptors (Lipinski definition) is 9. The summed E-state index contributed by atoms with van der Waals surface area (Å²) in [7, 11) is 1.17. The highest BCUT2D eigenvalue weighted by atomic mass is 19.3. The number of alkyl halides is 2. The Morgan fingerprint density at radius 3 is 2.63 bits per heavy atom. The molecule has 1 saturated carbocycles. The monoisotopic (exact) mass is 538 g/mol. The van der Waals surface area contributed by atoms with Crippen LogP contribution in [0.2, 0.25) is 0 Å². The zero-order chi connectivity index (χ0) is 27.6. The van der Waals surface area contributed by atoms with E-state index in [4.69, 9.17) is 14.9 Å². The molecule has 3 atom stereocenters. The zero-order valence-electron chi connectivity index (χ0n) is 20.7. The molecule has 1 unspecified atom stereocenters. The van der Waals surface area contributed by atoms with E-state index in [0.29, 0.717) is 18.1 Å². The van der Waals surface area contributed by atoms with Crippen LogP contribution < -0.4 is 20.5 Å². The van der Waals surface area contributed by atoms with Crippen molar-refractivity contribution < 1.29 is 46.9 Å². The van der Waals surface area contributed by atoms with E-state index in [1.54, 1.807) is 6.92 Å². The van der Waals surface area contributed by atoms with Crippen molar-refractivity contribution >= 4 is 18.0 Å². The highest BCUT2D eigenvalue weighted by Crippen LogP contribution is 2.37. The van der Waals surface area contributed by atoms with Crippen LogP contribution >= 0.6 is 0 Å². The minimum Gasteiger partial charge on any atom is -0.489 e. The van der Waals surface area contributed by atoms with Crippen molar-refractivity contribution in [3.63, 3.8) is 0 Å². The van der Waals surface area contributed by atoms with Crippen LogP contribution in [-0.2, 0) is 9.53 Å². The van der Waals surface area contributed by atoms with Crippen molar-refractivity contribution in [2.24, 2.45) is 11.7 Å². The summed E-state index contributed by atoms with van der Waals surface area (Å²) in [6.07, 6.45) is 1.17. The standard InChI is InChI=1S/C24H28F2N4O8/c1-11(27)19-18(21(31)30-9-14(28-24(34)35-2)8-15(30)22(32)33)29-20(38-19)13-5-6-16(37-23(25)26)17(7-13)36-10-12-3-4-12/h5-7,11-12,14-15,23H,3-4,8-10,27H2,1-2H3,(H,28,34)(H,32,33)/t11-,14?,15-/m0/s1. The van der Waals surface area contributed by atoms with Crippen LogP contribution in [0.3, 0.4) is 0 Å². The molecule has 2 aliphatic rings. The van der Waals surface area contributed by atoms with E-state index in [0.717, 1.165) is 17.7 Å². The van der Waals surface area contributed by atoms with Gasteiger partial charge in [0.1, 0.15) is 6.04 Å². The van der Waals surface area contributed by atoms with Gasteiger partial charge in [-0.25, -0.2) is 14.6 Å². The highest BCUT2D eigenvalue weighted by Gasteiger charge is 2.42. The fourth-order valence-corrected chi connectivity index (χ4v) is 4.12. The van der Waals surface area contributed by atoms with Crippen LogP contribution in [0.1, 0.15) is 48.5 Å². The Kier molecular flexibility index (Phi) is 7.99. The third kappa shape index (κ3) is 6.13. The smallest absolute Gasteiger partial charge is 0.407 e. The summed E-state index contributed by atoms with van der Waals surface area (Å²) in [6, 6.07) is 1.42. The molecule has 206 valence electrons. The Bertz CT molecular complexity index is 1200. The molecule has 1 aromatic heterocycles. The van der Waals surface area contributed by atoms with Crippen molar-refractivity contribution in [2.75, 3.05) is 20.3 Å². The van der Waals surface area contributed by atoms with E-state index in [1.807, 2.05) is 0 Å². The number of carboxylic acid groups (broad SMARTS) is 1. The molecule has 2 aromatic rings. The number of amides is 2. The van der Waals surface area contributed by atoms with Crippen LogP contribution in [-0.4, -0.2) is 71.9 Å². The normalized spacial score (nSPS) is 19.8. The molecule has 0 spiro atoms. The molecule has 12 nitrogen and oxygen atoms in total. The number of nitrogens with zero attached hydrogens (tertiary/aromatic N) is 2. The molecular weight excluding hydrogens is 510 g/mol. The molecule has 1 aliphatic heterocycles. The third-order valence-corrected chi connectivity index (χ3v) is 6.20. The van der Waals surface area contributed by atoms with Gasteiger partial charge in [0.15, 0.2) is 23.0 Å². The van der Waals surface area contributed by atoms with Gasteiger partial charge in [-0.05, 0) is 43.9 Å². The molecule has 2 heterocycles. The lowest BCUT2D eigenvalue weighted by molar-refractivity contribution is -0.141. The fourth-order valence-electron chi connectivity index (χ4n) is 4.12. The minimum atomic E-state index is -3.06. The van der Waals surface area contributed by atoms with Crippen molar-refractivity contribution in [1.82, 2.24) is 15.2 Å². The van der Waals surface area contributed by atoms with Crippen LogP contribution in [0.25, 0.3) is 11.5 Å². The largest absolute Gasteiger partial charge is 0.489 e. The second kappa shape index (κ2) is 11.2. The third-order valence-electron chi connectivity index (χ3n) is 6.20. The van der Waals surface area contributed by atoms with Crippen LogP contribution in [0.15, 0.2) is 22.6 Å². The van der Waals surface area contributed by atoms with Gasteiger partial charge in [0.2, 0.25) is 5.89 Å². The molecule has 38 heavy (non-hydrogen) atoms. The number of oxazole rings is 1. The lowest BCUT2D eigenvalue weighted by atomic mass is 10.1. The average molecular weight is 539 g/mol. The van der Waals surface area contributed by atoms with Crippen molar-refractivity contribution in [3.05, 3.63) is 29.7 Å². The number of carbonyl (C=O) groups is 3. The van der Waals surface area contributed by atoms with Gasteiger partial charge in [0.05, 0.1) is 25.8 Å². The molecule has 4 N–H and O–H groups in total. The number of aromatic nitrogens is 1. The number of benzene rings is 1. The number of carboxylic acids is 1. The summed E-state index contributed by atoms with van der Waals surface area (Å²) < 4.78 is 46.4. The number of ether oxygens (including phenoxy) is 3. The highest BCUT2D eigenvalue weighted by molar-refractivity contribution is 5.97. The predicted octanol–water partition coefficient (Wildman–Crippen LogP) is 2.78. The van der Waals surface area contributed by atoms with Gasteiger partial charge < -0.3 is 39.7 Å². The van der Waals surface area contributed by atoms with Gasteiger partial charge in [-0.15, -0.1) is 0 Å². The van der Waals surface area contributed by atoms with Crippen molar-refractivity contribution in [2.45, 2.75) is 50.9 Å². The SMILES string of the molecule is COC(=O)NC1C[C@@H](C(=O)O)N(C(=O)c2nc(-c3ccc(OC(F)F)c(OCC4CC4)c3)oc2[C@H](C)N)C1. The summed E-state index contributed by atoms with van der Waals surface area (Å²) in [4.78, 5) is 42.3. The first-order valence-corrected chi connectivity index (χ1v) is 11.9. The molecule has 1 aliphatic carbocycles. The molecule has 2 fully saturated rings. The lowest BCUT2D eigenvalue weighted by Crippen LogP contribution is -2.42. The average Bonchev–Trinajstić information content (AvgIpc) is 3.42. The summed E-state index contributed by atoms with van der Waals surface area (Å²) in [6.45, 7) is -1.27. The molecular formula is C24H28F2N4O8. The molecule has 2 amide bonds.